The highest BCUT2D eigenvalue weighted by Gasteiger charge is 2.59. The minimum Gasteiger partial charge on any atom is -0.489 e. The summed E-state index contributed by atoms with van der Waals surface area (Å²) in [5.74, 6) is -2.03. The van der Waals surface area contributed by atoms with Gasteiger partial charge in [-0.2, -0.15) is 13.2 Å². The number of carboxylic acid groups (broad SMARTS) is 1. The molecule has 1 fully saturated rings. The minimum absolute atomic E-state index is 0.00905. The lowest BCUT2D eigenvalue weighted by Gasteiger charge is -2.15. The molecule has 0 radical (unpaired) electrons. The van der Waals surface area contributed by atoms with Crippen LogP contribution >= 0.6 is 0 Å². The van der Waals surface area contributed by atoms with Crippen molar-refractivity contribution in [1.82, 2.24) is 4.98 Å². The van der Waals surface area contributed by atoms with Crippen LogP contribution in [-0.2, 0) is 33.8 Å². The predicted molar refractivity (Wildman–Crippen MR) is 136 cm³/mol. The third-order valence-corrected chi connectivity index (χ3v) is 8.24. The highest BCUT2D eigenvalue weighted by Crippen LogP contribution is 2.61. The largest absolute Gasteiger partial charge is 0.489 e. The minimum atomic E-state index is -4.79. The van der Waals surface area contributed by atoms with E-state index in [0.29, 0.717) is 12.2 Å². The lowest BCUT2D eigenvalue weighted by atomic mass is 10.0. The Balaban J connectivity index is 1.30. The number of rotatable bonds is 10. The van der Waals surface area contributed by atoms with E-state index in [-0.39, 0.29) is 59.8 Å². The number of hydrogen-bond acceptors (Lipinski definition) is 6. The van der Waals surface area contributed by atoms with E-state index in [1.54, 1.807) is 6.07 Å². The quantitative estimate of drug-likeness (QED) is 0.258. The average Bonchev–Trinajstić information content (AvgIpc) is 3.47. The molecule has 0 aliphatic heterocycles. The van der Waals surface area contributed by atoms with Crippen molar-refractivity contribution in [2.24, 2.45) is 11.8 Å². The smallest absolute Gasteiger partial charge is 0.421 e. The topological polar surface area (TPSA) is 103 Å². The van der Waals surface area contributed by atoms with Gasteiger partial charge in [0.05, 0.1) is 18.3 Å². The first-order valence-electron chi connectivity index (χ1n) is 12.5. The van der Waals surface area contributed by atoms with Crippen LogP contribution in [0.4, 0.5) is 17.6 Å². The fraction of sp³-hybridized carbons (Fsp3) is 0.357. The number of fused-ring (bicyclic) bond motifs is 3. The molecule has 12 heteroatoms. The maximum atomic E-state index is 14.6. The van der Waals surface area contributed by atoms with Crippen molar-refractivity contribution in [1.29, 1.82) is 0 Å². The van der Waals surface area contributed by atoms with Crippen LogP contribution in [0.5, 0.6) is 11.6 Å². The van der Waals surface area contributed by atoms with Crippen LogP contribution in [-0.4, -0.2) is 43.1 Å². The highest BCUT2D eigenvalue weighted by atomic mass is 32.2. The number of carbonyl (C=O) groups is 1. The molecule has 0 unspecified atom stereocenters. The summed E-state index contributed by atoms with van der Waals surface area (Å²) >= 11 is 0. The Morgan fingerprint density at radius 3 is 2.58 bits per heavy atom. The number of carboxylic acids is 1. The molecule has 0 saturated heterocycles. The van der Waals surface area contributed by atoms with Gasteiger partial charge in [-0.25, -0.2) is 17.8 Å². The monoisotopic (exact) mass is 579 g/mol. The Labute approximate surface area is 227 Å². The average molecular weight is 580 g/mol. The molecule has 0 spiro atoms. The number of aliphatic carboxylic acids is 1. The molecule has 1 aromatic heterocycles. The van der Waals surface area contributed by atoms with Gasteiger partial charge in [0.2, 0.25) is 5.88 Å². The molecule has 1 saturated carbocycles. The van der Waals surface area contributed by atoms with Crippen LogP contribution in [0.1, 0.15) is 34.6 Å². The second kappa shape index (κ2) is 10.4. The van der Waals surface area contributed by atoms with Crippen molar-refractivity contribution in [2.45, 2.75) is 31.5 Å². The van der Waals surface area contributed by atoms with Crippen molar-refractivity contribution >= 4 is 15.8 Å². The predicted octanol–water partition coefficient (Wildman–Crippen LogP) is 5.27. The van der Waals surface area contributed by atoms with Crippen LogP contribution in [0.15, 0.2) is 48.7 Å². The first-order chi connectivity index (χ1) is 18.8. The van der Waals surface area contributed by atoms with E-state index in [1.807, 2.05) is 12.1 Å². The summed E-state index contributed by atoms with van der Waals surface area (Å²) in [4.78, 5) is 15.1. The summed E-state index contributed by atoms with van der Waals surface area (Å²) in [6.45, 7) is -0.436. The number of aromatic nitrogens is 1. The molecule has 1 heterocycles. The molecular weight excluding hydrogens is 554 g/mol. The standard InChI is InChI=1S/C28H25F4NO6S/c1-40(36,37)8-2-7-38-26-22(28(30,31)32)12-17(13-33-26)15-3-6-23(29)18(9-15)14-39-19-4-5-20-16(10-19)11-21-24(20)25(21)27(34)35/h3-6,9-10,12-13,21,24-25H,2,7-8,11,14H2,1H3,(H,34,35)/t21-,24+,25+/m1/s1. The number of halogens is 4. The van der Waals surface area contributed by atoms with Gasteiger partial charge in [0, 0.05) is 29.5 Å². The molecule has 3 atom stereocenters. The van der Waals surface area contributed by atoms with Crippen LogP contribution < -0.4 is 9.47 Å². The third-order valence-electron chi connectivity index (χ3n) is 7.21. The van der Waals surface area contributed by atoms with Gasteiger partial charge in [0.15, 0.2) is 0 Å². The van der Waals surface area contributed by atoms with E-state index in [4.69, 9.17) is 9.47 Å². The maximum absolute atomic E-state index is 14.6. The normalized spacial score (nSPS) is 19.6. The molecule has 3 aromatic rings. The second-order valence-corrected chi connectivity index (χ2v) is 12.4. The number of benzene rings is 2. The molecule has 5 rings (SSSR count). The van der Waals surface area contributed by atoms with E-state index in [0.717, 1.165) is 29.5 Å². The van der Waals surface area contributed by atoms with E-state index in [9.17, 15) is 35.9 Å². The van der Waals surface area contributed by atoms with Gasteiger partial charge >= 0.3 is 12.1 Å². The zero-order valence-corrected chi connectivity index (χ0v) is 22.1. The molecule has 7 nitrogen and oxygen atoms in total. The summed E-state index contributed by atoms with van der Waals surface area (Å²) < 4.78 is 89.2. The number of ether oxygens (including phenoxy) is 2. The summed E-state index contributed by atoms with van der Waals surface area (Å²) in [5.41, 5.74) is 1.36. The van der Waals surface area contributed by atoms with Crippen molar-refractivity contribution in [2.75, 3.05) is 18.6 Å². The summed E-state index contributed by atoms with van der Waals surface area (Å²) in [7, 11) is -3.28. The number of sulfone groups is 1. The Morgan fingerprint density at radius 1 is 1.10 bits per heavy atom. The number of nitrogens with zero attached hydrogens (tertiary/aromatic N) is 1. The van der Waals surface area contributed by atoms with Gasteiger partial charge < -0.3 is 14.6 Å². The van der Waals surface area contributed by atoms with Crippen LogP contribution in [0.3, 0.4) is 0 Å². The highest BCUT2D eigenvalue weighted by molar-refractivity contribution is 7.90. The summed E-state index contributed by atoms with van der Waals surface area (Å²) in [5, 5.41) is 9.27. The Bertz CT molecular complexity index is 1570. The Kier molecular flexibility index (Phi) is 7.24. The van der Waals surface area contributed by atoms with E-state index in [1.165, 1.54) is 18.3 Å². The molecule has 2 aromatic carbocycles. The van der Waals surface area contributed by atoms with Crippen molar-refractivity contribution < 1.29 is 45.4 Å². The van der Waals surface area contributed by atoms with Crippen LogP contribution in [0, 0.1) is 17.7 Å². The fourth-order valence-corrected chi connectivity index (χ4v) is 5.90. The third kappa shape index (κ3) is 5.91. The van der Waals surface area contributed by atoms with E-state index < -0.39 is 39.2 Å². The van der Waals surface area contributed by atoms with Gasteiger partial charge in [0.25, 0.3) is 0 Å². The maximum Gasteiger partial charge on any atom is 0.421 e. The fourth-order valence-electron chi connectivity index (χ4n) is 5.26. The second-order valence-electron chi connectivity index (χ2n) is 10.1. The Hall–Kier alpha value is -3.67. The van der Waals surface area contributed by atoms with Crippen molar-refractivity contribution in [3.63, 3.8) is 0 Å². The van der Waals surface area contributed by atoms with Crippen LogP contribution in [0.2, 0.25) is 0 Å². The lowest BCUT2D eigenvalue weighted by Crippen LogP contribution is -2.13. The molecule has 2 aliphatic carbocycles. The van der Waals surface area contributed by atoms with Crippen molar-refractivity contribution in [3.05, 3.63) is 76.7 Å². The first kappa shape index (κ1) is 27.9. The molecule has 2 aliphatic rings. The summed E-state index contributed by atoms with van der Waals surface area (Å²) in [6, 6.07) is 10.1. The van der Waals surface area contributed by atoms with Gasteiger partial charge in [-0.3, -0.25) is 4.79 Å². The summed E-state index contributed by atoms with van der Waals surface area (Å²) in [6.07, 6.45) is -1.94. The van der Waals surface area contributed by atoms with Gasteiger partial charge in [-0.1, -0.05) is 12.1 Å². The van der Waals surface area contributed by atoms with Gasteiger partial charge in [0.1, 0.15) is 33.6 Å². The van der Waals surface area contributed by atoms with Gasteiger partial charge in [-0.15, -0.1) is 0 Å². The number of hydrogen-bond donors (Lipinski definition) is 1. The van der Waals surface area contributed by atoms with Crippen LogP contribution in [0.25, 0.3) is 11.1 Å². The SMILES string of the molecule is CS(=O)(=O)CCCOc1ncc(-c2ccc(F)c(COc3ccc4c(c3)C[C@H]3[C@H](C(=O)O)[C@@H]43)c2)cc1C(F)(F)F. The van der Waals surface area contributed by atoms with E-state index >= 15 is 0 Å². The molecular formula is C28H25F4NO6S. The number of alkyl halides is 3. The Morgan fingerprint density at radius 2 is 1.88 bits per heavy atom. The molecule has 212 valence electrons. The molecule has 0 amide bonds. The van der Waals surface area contributed by atoms with Gasteiger partial charge in [-0.05, 0) is 65.8 Å². The number of pyridine rings is 1. The van der Waals surface area contributed by atoms with E-state index in [2.05, 4.69) is 4.98 Å². The molecule has 40 heavy (non-hydrogen) atoms. The molecule has 1 N–H and O–H groups in total. The molecule has 0 bridgehead atoms. The zero-order valence-electron chi connectivity index (χ0n) is 21.2. The first-order valence-corrected chi connectivity index (χ1v) is 14.5. The zero-order chi connectivity index (χ0) is 28.8. The lowest BCUT2D eigenvalue weighted by molar-refractivity contribution is -0.140. The van der Waals surface area contributed by atoms with Crippen molar-refractivity contribution in [3.8, 4) is 22.8 Å².